The topological polar surface area (TPSA) is 46.6 Å². The Morgan fingerprint density at radius 3 is 2.70 bits per heavy atom. The van der Waals surface area contributed by atoms with Crippen molar-refractivity contribution in [2.24, 2.45) is 0 Å². The molecular formula is C18H16FNO3. The fourth-order valence-electron chi connectivity index (χ4n) is 2.68. The van der Waals surface area contributed by atoms with Crippen molar-refractivity contribution in [3.63, 3.8) is 0 Å². The Kier molecular flexibility index (Phi) is 3.86. The number of carbonyl (C=O) groups is 2. The first kappa shape index (κ1) is 15.2. The monoisotopic (exact) mass is 313 g/mol. The van der Waals surface area contributed by atoms with Crippen LogP contribution in [0.25, 0.3) is 0 Å². The van der Waals surface area contributed by atoms with E-state index in [9.17, 15) is 14.0 Å². The Bertz CT molecular complexity index is 788. The van der Waals surface area contributed by atoms with Crippen LogP contribution in [0, 0.1) is 5.82 Å². The van der Waals surface area contributed by atoms with Gasteiger partial charge in [-0.15, -0.1) is 0 Å². The maximum absolute atomic E-state index is 13.4. The maximum atomic E-state index is 13.4. The number of hydrogen-bond acceptors (Lipinski definition) is 3. The molecule has 1 atom stereocenters. The van der Waals surface area contributed by atoms with Crippen LogP contribution in [-0.4, -0.2) is 17.8 Å². The van der Waals surface area contributed by atoms with Crippen LogP contribution in [0.3, 0.4) is 0 Å². The molecule has 3 rings (SSSR count). The van der Waals surface area contributed by atoms with Crippen LogP contribution in [0.15, 0.2) is 42.5 Å². The summed E-state index contributed by atoms with van der Waals surface area (Å²) >= 11 is 0. The van der Waals surface area contributed by atoms with Gasteiger partial charge in [0.1, 0.15) is 5.82 Å². The fourth-order valence-corrected chi connectivity index (χ4v) is 2.68. The number of halogens is 1. The van der Waals surface area contributed by atoms with Crippen LogP contribution >= 0.6 is 0 Å². The number of nitrogens with zero attached hydrogens (tertiary/aromatic N) is 1. The van der Waals surface area contributed by atoms with Gasteiger partial charge >= 0.3 is 0 Å². The quantitative estimate of drug-likeness (QED) is 0.817. The Balaban J connectivity index is 2.05. The van der Waals surface area contributed by atoms with Crippen LogP contribution in [0.4, 0.5) is 10.1 Å². The molecule has 1 unspecified atom stereocenters. The van der Waals surface area contributed by atoms with Gasteiger partial charge < -0.3 is 9.64 Å². The second kappa shape index (κ2) is 5.83. The van der Waals surface area contributed by atoms with E-state index in [1.54, 1.807) is 37.3 Å². The fraction of sp³-hybridized carbons (Fsp3) is 0.222. The zero-order valence-corrected chi connectivity index (χ0v) is 12.9. The smallest absolute Gasteiger partial charge is 0.268 e. The summed E-state index contributed by atoms with van der Waals surface area (Å²) in [4.78, 5) is 25.8. The average Bonchev–Trinajstić information content (AvgIpc) is 2.51. The largest absolute Gasteiger partial charge is 0.478 e. The van der Waals surface area contributed by atoms with Crippen LogP contribution in [0.1, 0.15) is 29.8 Å². The molecule has 0 saturated heterocycles. The van der Waals surface area contributed by atoms with Crippen molar-refractivity contribution in [1.29, 1.82) is 0 Å². The number of para-hydroxylation sites is 1. The number of rotatable bonds is 3. The maximum Gasteiger partial charge on any atom is 0.268 e. The molecule has 23 heavy (non-hydrogen) atoms. The summed E-state index contributed by atoms with van der Waals surface area (Å²) in [6, 6.07) is 11.2. The van der Waals surface area contributed by atoms with Crippen molar-refractivity contribution in [2.75, 3.05) is 4.90 Å². The lowest BCUT2D eigenvalue weighted by molar-refractivity contribution is -0.125. The summed E-state index contributed by atoms with van der Waals surface area (Å²) in [6.07, 6.45) is -0.698. The van der Waals surface area contributed by atoms with Crippen LogP contribution in [0.2, 0.25) is 0 Å². The number of Topliss-reactive ketones (excluding diaryl/α,β-unsaturated/α-hetero) is 1. The first-order valence-corrected chi connectivity index (χ1v) is 7.34. The lowest BCUT2D eigenvalue weighted by Crippen LogP contribution is -2.44. The highest BCUT2D eigenvalue weighted by Gasteiger charge is 2.33. The highest BCUT2D eigenvalue weighted by Crippen LogP contribution is 2.38. The summed E-state index contributed by atoms with van der Waals surface area (Å²) in [5.74, 6) is -0.297. The normalized spacial score (nSPS) is 16.7. The third kappa shape index (κ3) is 2.82. The van der Waals surface area contributed by atoms with E-state index in [0.29, 0.717) is 22.6 Å². The van der Waals surface area contributed by atoms with E-state index in [1.807, 2.05) is 0 Å². The van der Waals surface area contributed by atoms with E-state index in [4.69, 9.17) is 4.74 Å². The molecule has 5 heteroatoms. The Labute approximate surface area is 133 Å². The zero-order chi connectivity index (χ0) is 16.6. The molecule has 0 aliphatic carbocycles. The summed E-state index contributed by atoms with van der Waals surface area (Å²) in [5, 5.41) is 0. The van der Waals surface area contributed by atoms with Gasteiger partial charge in [-0.05, 0) is 43.7 Å². The molecule has 1 aliphatic heterocycles. The highest BCUT2D eigenvalue weighted by atomic mass is 19.1. The van der Waals surface area contributed by atoms with Crippen molar-refractivity contribution in [1.82, 2.24) is 0 Å². The summed E-state index contributed by atoms with van der Waals surface area (Å²) in [6.45, 7) is 3.32. The van der Waals surface area contributed by atoms with Gasteiger partial charge in [0.25, 0.3) is 5.91 Å². The number of ether oxygens (including phenoxy) is 1. The minimum Gasteiger partial charge on any atom is -0.478 e. The first-order valence-electron chi connectivity index (χ1n) is 7.34. The number of anilines is 1. The molecule has 0 N–H and O–H groups in total. The molecule has 1 heterocycles. The van der Waals surface area contributed by atoms with Gasteiger partial charge in [-0.25, -0.2) is 4.39 Å². The van der Waals surface area contributed by atoms with Crippen molar-refractivity contribution >= 4 is 17.4 Å². The van der Waals surface area contributed by atoms with E-state index in [2.05, 4.69) is 0 Å². The van der Waals surface area contributed by atoms with Crippen molar-refractivity contribution in [2.45, 2.75) is 26.5 Å². The predicted molar refractivity (Wildman–Crippen MR) is 84.1 cm³/mol. The molecule has 1 aliphatic rings. The molecule has 0 fully saturated rings. The third-order valence-corrected chi connectivity index (χ3v) is 3.80. The molecule has 0 radical (unpaired) electrons. The molecular weight excluding hydrogens is 297 g/mol. The summed E-state index contributed by atoms with van der Waals surface area (Å²) in [7, 11) is 0. The van der Waals surface area contributed by atoms with Crippen LogP contribution < -0.4 is 9.64 Å². The van der Waals surface area contributed by atoms with Crippen molar-refractivity contribution in [3.8, 4) is 5.75 Å². The van der Waals surface area contributed by atoms with E-state index >= 15 is 0 Å². The average molecular weight is 313 g/mol. The van der Waals surface area contributed by atoms with E-state index in [1.165, 1.54) is 24.0 Å². The molecule has 0 saturated carbocycles. The SMILES string of the molecule is CC(=O)c1cccc2c1OC(C)C(=O)N2Cc1cccc(F)c1. The Hall–Kier alpha value is -2.69. The Morgan fingerprint density at radius 1 is 1.26 bits per heavy atom. The molecule has 0 bridgehead atoms. The number of benzene rings is 2. The standard InChI is InChI=1S/C18H16FNO3/c1-11(21)15-7-4-8-16-17(15)23-12(2)18(22)20(16)10-13-5-3-6-14(19)9-13/h3-9,12H,10H2,1-2H3. The van der Waals surface area contributed by atoms with Gasteiger partial charge in [-0.2, -0.15) is 0 Å². The number of carbonyl (C=O) groups excluding carboxylic acids is 2. The summed E-state index contributed by atoms with van der Waals surface area (Å²) < 4.78 is 19.0. The van der Waals surface area contributed by atoms with Gasteiger partial charge in [0.2, 0.25) is 0 Å². The molecule has 2 aromatic rings. The highest BCUT2D eigenvalue weighted by molar-refractivity contribution is 6.05. The Morgan fingerprint density at radius 2 is 2.00 bits per heavy atom. The van der Waals surface area contributed by atoms with E-state index in [0.717, 1.165) is 0 Å². The lowest BCUT2D eigenvalue weighted by Gasteiger charge is -2.34. The summed E-state index contributed by atoms with van der Waals surface area (Å²) in [5.41, 5.74) is 1.64. The van der Waals surface area contributed by atoms with Crippen molar-refractivity contribution < 1.29 is 18.7 Å². The van der Waals surface area contributed by atoms with Gasteiger partial charge in [-0.3, -0.25) is 9.59 Å². The third-order valence-electron chi connectivity index (χ3n) is 3.80. The molecule has 0 aromatic heterocycles. The second-order valence-corrected chi connectivity index (χ2v) is 5.52. The van der Waals surface area contributed by atoms with E-state index in [-0.39, 0.29) is 24.1 Å². The molecule has 0 spiro atoms. The van der Waals surface area contributed by atoms with Crippen LogP contribution in [-0.2, 0) is 11.3 Å². The van der Waals surface area contributed by atoms with E-state index < -0.39 is 6.10 Å². The van der Waals surface area contributed by atoms with Crippen LogP contribution in [0.5, 0.6) is 5.75 Å². The second-order valence-electron chi connectivity index (χ2n) is 5.52. The first-order chi connectivity index (χ1) is 11.0. The molecule has 118 valence electrons. The van der Waals surface area contributed by atoms with Gasteiger partial charge in [-0.1, -0.05) is 18.2 Å². The molecule has 4 nitrogen and oxygen atoms in total. The number of amides is 1. The molecule has 2 aromatic carbocycles. The van der Waals surface area contributed by atoms with Crippen molar-refractivity contribution in [3.05, 3.63) is 59.4 Å². The minimum absolute atomic E-state index is 0.130. The number of fused-ring (bicyclic) bond motifs is 1. The van der Waals surface area contributed by atoms with Gasteiger partial charge in [0, 0.05) is 0 Å². The van der Waals surface area contributed by atoms with Gasteiger partial charge in [0.15, 0.2) is 17.6 Å². The number of hydrogen-bond donors (Lipinski definition) is 0. The van der Waals surface area contributed by atoms with Gasteiger partial charge in [0.05, 0.1) is 17.8 Å². The zero-order valence-electron chi connectivity index (χ0n) is 12.9. The number of ketones is 1. The predicted octanol–water partition coefficient (Wildman–Crippen LogP) is 3.34. The minimum atomic E-state index is -0.698. The molecule has 1 amide bonds. The lowest BCUT2D eigenvalue weighted by atomic mass is 10.1.